The summed E-state index contributed by atoms with van der Waals surface area (Å²) in [5.74, 6) is 1.54. The monoisotopic (exact) mass is 376 g/mol. The van der Waals surface area contributed by atoms with E-state index in [0.717, 1.165) is 43.6 Å². The van der Waals surface area contributed by atoms with Gasteiger partial charge in [-0.25, -0.2) is 4.79 Å². The molecule has 2 heterocycles. The molecule has 1 aliphatic rings. The molecule has 1 fully saturated rings. The quantitative estimate of drug-likeness (QED) is 0.709. The highest BCUT2D eigenvalue weighted by Gasteiger charge is 2.21. The summed E-state index contributed by atoms with van der Waals surface area (Å²) >= 11 is 0. The maximum atomic E-state index is 12.7. The standard InChI is InChI=1S/C22H24N4O2/c1-16-24-25-21(28-16)19-9-11-20(12-10-19)23-22(27)26-14-5-8-18(13-15-26)17-6-3-2-4-7-17/h2-4,6-7,9-12,18H,5,8,13-15H2,1H3,(H,23,27)/t18-/m0/s1. The summed E-state index contributed by atoms with van der Waals surface area (Å²) in [7, 11) is 0. The van der Waals surface area contributed by atoms with Gasteiger partial charge in [-0.1, -0.05) is 30.3 Å². The lowest BCUT2D eigenvalue weighted by Gasteiger charge is -2.21. The predicted molar refractivity (Wildman–Crippen MR) is 108 cm³/mol. The van der Waals surface area contributed by atoms with Crippen LogP contribution in [0.1, 0.15) is 36.6 Å². The highest BCUT2D eigenvalue weighted by Crippen LogP contribution is 2.28. The summed E-state index contributed by atoms with van der Waals surface area (Å²) in [5.41, 5.74) is 2.96. The number of hydrogen-bond acceptors (Lipinski definition) is 4. The smallest absolute Gasteiger partial charge is 0.321 e. The van der Waals surface area contributed by atoms with Crippen molar-refractivity contribution in [2.24, 2.45) is 0 Å². The van der Waals surface area contributed by atoms with Crippen LogP contribution in [0.25, 0.3) is 11.5 Å². The second kappa shape index (κ2) is 8.25. The first-order valence-corrected chi connectivity index (χ1v) is 9.70. The van der Waals surface area contributed by atoms with Crippen LogP contribution in [-0.2, 0) is 0 Å². The van der Waals surface area contributed by atoms with E-state index in [1.54, 1.807) is 6.92 Å². The van der Waals surface area contributed by atoms with Crippen LogP contribution in [0, 0.1) is 6.92 Å². The van der Waals surface area contributed by atoms with Crippen molar-refractivity contribution in [3.63, 3.8) is 0 Å². The number of nitrogens with zero attached hydrogens (tertiary/aromatic N) is 3. The molecule has 0 radical (unpaired) electrons. The molecule has 0 bridgehead atoms. The molecule has 6 heteroatoms. The molecule has 2 amide bonds. The largest absolute Gasteiger partial charge is 0.421 e. The first-order chi connectivity index (χ1) is 13.7. The van der Waals surface area contributed by atoms with E-state index < -0.39 is 0 Å². The Kier molecular flexibility index (Phi) is 5.37. The van der Waals surface area contributed by atoms with E-state index in [1.807, 2.05) is 35.2 Å². The molecule has 0 spiro atoms. The average molecular weight is 376 g/mol. The highest BCUT2D eigenvalue weighted by molar-refractivity contribution is 5.89. The van der Waals surface area contributed by atoms with Gasteiger partial charge < -0.3 is 14.6 Å². The van der Waals surface area contributed by atoms with Crippen LogP contribution in [0.15, 0.2) is 59.0 Å². The first-order valence-electron chi connectivity index (χ1n) is 9.70. The Morgan fingerprint density at radius 1 is 1.04 bits per heavy atom. The number of urea groups is 1. The van der Waals surface area contributed by atoms with E-state index in [9.17, 15) is 4.79 Å². The molecule has 0 unspecified atom stereocenters. The number of hydrogen-bond donors (Lipinski definition) is 1. The van der Waals surface area contributed by atoms with Crippen molar-refractivity contribution in [2.45, 2.75) is 32.1 Å². The Bertz CT molecular complexity index is 921. The molecule has 0 saturated carbocycles. The van der Waals surface area contributed by atoms with E-state index in [-0.39, 0.29) is 6.03 Å². The van der Waals surface area contributed by atoms with E-state index in [4.69, 9.17) is 4.42 Å². The van der Waals surface area contributed by atoms with E-state index in [1.165, 1.54) is 5.56 Å². The summed E-state index contributed by atoms with van der Waals surface area (Å²) in [6, 6.07) is 18.0. The SMILES string of the molecule is Cc1nnc(-c2ccc(NC(=O)N3CCC[C@H](c4ccccc4)CC3)cc2)o1. The van der Waals surface area contributed by atoms with Gasteiger partial charge in [-0.3, -0.25) is 0 Å². The number of aromatic nitrogens is 2. The summed E-state index contributed by atoms with van der Waals surface area (Å²) in [4.78, 5) is 14.6. The minimum Gasteiger partial charge on any atom is -0.421 e. The van der Waals surface area contributed by atoms with Crippen molar-refractivity contribution >= 4 is 11.7 Å². The number of likely N-dealkylation sites (tertiary alicyclic amines) is 1. The molecular formula is C22H24N4O2. The Morgan fingerprint density at radius 3 is 2.54 bits per heavy atom. The zero-order valence-electron chi connectivity index (χ0n) is 16.0. The number of carbonyl (C=O) groups excluding carboxylic acids is 1. The van der Waals surface area contributed by atoms with Crippen LogP contribution in [0.2, 0.25) is 0 Å². The van der Waals surface area contributed by atoms with Crippen molar-refractivity contribution in [3.8, 4) is 11.5 Å². The summed E-state index contributed by atoms with van der Waals surface area (Å²) in [6.45, 7) is 3.31. The second-order valence-corrected chi connectivity index (χ2v) is 7.16. The third-order valence-electron chi connectivity index (χ3n) is 5.20. The van der Waals surface area contributed by atoms with Gasteiger partial charge in [-0.15, -0.1) is 10.2 Å². The van der Waals surface area contributed by atoms with Crippen LogP contribution in [0.5, 0.6) is 0 Å². The zero-order valence-corrected chi connectivity index (χ0v) is 16.0. The summed E-state index contributed by atoms with van der Waals surface area (Å²) < 4.78 is 5.43. The maximum absolute atomic E-state index is 12.7. The fraction of sp³-hybridized carbons (Fsp3) is 0.318. The topological polar surface area (TPSA) is 71.3 Å². The van der Waals surface area contributed by atoms with Crippen molar-refractivity contribution in [1.82, 2.24) is 15.1 Å². The van der Waals surface area contributed by atoms with Crippen LogP contribution < -0.4 is 5.32 Å². The Balaban J connectivity index is 1.36. The van der Waals surface area contributed by atoms with Crippen LogP contribution in [-0.4, -0.2) is 34.2 Å². The van der Waals surface area contributed by atoms with E-state index in [0.29, 0.717) is 17.7 Å². The van der Waals surface area contributed by atoms with Gasteiger partial charge in [0.2, 0.25) is 11.8 Å². The zero-order chi connectivity index (χ0) is 19.3. The number of aryl methyl sites for hydroxylation is 1. The van der Waals surface area contributed by atoms with Crippen molar-refractivity contribution in [3.05, 3.63) is 66.1 Å². The molecule has 1 aliphatic heterocycles. The Hall–Kier alpha value is -3.15. The fourth-order valence-corrected chi connectivity index (χ4v) is 3.67. The highest BCUT2D eigenvalue weighted by atomic mass is 16.4. The first kappa shape index (κ1) is 18.2. The fourth-order valence-electron chi connectivity index (χ4n) is 3.67. The van der Waals surface area contributed by atoms with Gasteiger partial charge in [0.1, 0.15) is 0 Å². The van der Waals surface area contributed by atoms with Gasteiger partial charge in [0.25, 0.3) is 0 Å². The molecule has 3 aromatic rings. The molecule has 4 rings (SSSR count). The minimum atomic E-state index is -0.0462. The second-order valence-electron chi connectivity index (χ2n) is 7.16. The van der Waals surface area contributed by atoms with Crippen LogP contribution in [0.3, 0.4) is 0 Å². The minimum absolute atomic E-state index is 0.0462. The maximum Gasteiger partial charge on any atom is 0.321 e. The van der Waals surface area contributed by atoms with E-state index >= 15 is 0 Å². The van der Waals surface area contributed by atoms with Gasteiger partial charge in [-0.05, 0) is 55.0 Å². The third-order valence-corrected chi connectivity index (χ3v) is 5.20. The summed E-state index contributed by atoms with van der Waals surface area (Å²) in [5, 5.41) is 10.8. The van der Waals surface area contributed by atoms with Crippen LogP contribution >= 0.6 is 0 Å². The number of benzene rings is 2. The Labute approximate surface area is 164 Å². The molecule has 0 aliphatic carbocycles. The molecule has 2 aromatic carbocycles. The van der Waals surface area contributed by atoms with Gasteiger partial charge in [0, 0.05) is 31.3 Å². The van der Waals surface area contributed by atoms with Crippen molar-refractivity contribution in [1.29, 1.82) is 0 Å². The van der Waals surface area contributed by atoms with Gasteiger partial charge in [-0.2, -0.15) is 0 Å². The lowest BCUT2D eigenvalue weighted by molar-refractivity contribution is 0.213. The predicted octanol–water partition coefficient (Wildman–Crippen LogP) is 4.85. The lowest BCUT2D eigenvalue weighted by Crippen LogP contribution is -2.35. The molecule has 1 saturated heterocycles. The molecular weight excluding hydrogens is 352 g/mol. The normalized spacial score (nSPS) is 17.2. The number of rotatable bonds is 3. The lowest BCUT2D eigenvalue weighted by atomic mass is 9.92. The number of amides is 2. The molecule has 1 atom stereocenters. The number of anilines is 1. The van der Waals surface area contributed by atoms with Crippen LogP contribution in [0.4, 0.5) is 10.5 Å². The third kappa shape index (κ3) is 4.22. The number of carbonyl (C=O) groups is 1. The van der Waals surface area contributed by atoms with Gasteiger partial charge >= 0.3 is 6.03 Å². The molecule has 1 N–H and O–H groups in total. The number of nitrogens with one attached hydrogen (secondary N) is 1. The molecule has 28 heavy (non-hydrogen) atoms. The van der Waals surface area contributed by atoms with Gasteiger partial charge in [0.15, 0.2) is 0 Å². The average Bonchev–Trinajstić information content (AvgIpc) is 3.01. The molecule has 1 aromatic heterocycles. The van der Waals surface area contributed by atoms with Crippen molar-refractivity contribution in [2.75, 3.05) is 18.4 Å². The summed E-state index contributed by atoms with van der Waals surface area (Å²) in [6.07, 6.45) is 3.13. The molecule has 144 valence electrons. The Morgan fingerprint density at radius 2 is 1.82 bits per heavy atom. The molecule has 6 nitrogen and oxygen atoms in total. The van der Waals surface area contributed by atoms with Gasteiger partial charge in [0.05, 0.1) is 0 Å². The van der Waals surface area contributed by atoms with Crippen molar-refractivity contribution < 1.29 is 9.21 Å². The van der Waals surface area contributed by atoms with E-state index in [2.05, 4.69) is 39.8 Å².